The summed E-state index contributed by atoms with van der Waals surface area (Å²) >= 11 is 0. The van der Waals surface area contributed by atoms with Crippen molar-refractivity contribution in [1.82, 2.24) is 10.9 Å². The van der Waals surface area contributed by atoms with Crippen LogP contribution in [0.4, 0.5) is 0 Å². The Hall–Kier alpha value is -2.40. The zero-order valence-electron chi connectivity index (χ0n) is 14.1. The van der Waals surface area contributed by atoms with Gasteiger partial charge in [0, 0.05) is 37.1 Å². The number of benzene rings is 1. The van der Waals surface area contributed by atoms with Crippen LogP contribution < -0.4 is 10.9 Å². The zero-order chi connectivity index (χ0) is 17.6. The van der Waals surface area contributed by atoms with Gasteiger partial charge in [-0.05, 0) is 17.1 Å². The van der Waals surface area contributed by atoms with Crippen molar-refractivity contribution in [3.8, 4) is 0 Å². The molecule has 0 radical (unpaired) electrons. The molecule has 3 N–H and O–H groups in total. The zero-order valence-corrected chi connectivity index (χ0v) is 14.1. The van der Waals surface area contributed by atoms with Gasteiger partial charge in [-0.1, -0.05) is 50.3 Å². The maximum absolute atomic E-state index is 12.4. The van der Waals surface area contributed by atoms with Crippen LogP contribution in [0.25, 0.3) is 6.08 Å². The van der Waals surface area contributed by atoms with Crippen molar-refractivity contribution < 1.29 is 14.7 Å². The highest BCUT2D eigenvalue weighted by molar-refractivity contribution is 5.97. The molecule has 1 aliphatic rings. The molecule has 0 aliphatic heterocycles. The van der Waals surface area contributed by atoms with Crippen molar-refractivity contribution in [2.45, 2.75) is 33.1 Å². The molecular formula is C19H24N2O3. The molecule has 24 heavy (non-hydrogen) atoms. The van der Waals surface area contributed by atoms with E-state index in [1.54, 1.807) is 6.08 Å². The van der Waals surface area contributed by atoms with Crippen LogP contribution >= 0.6 is 0 Å². The van der Waals surface area contributed by atoms with Gasteiger partial charge in [-0.15, -0.1) is 0 Å². The summed E-state index contributed by atoms with van der Waals surface area (Å²) in [5.41, 5.74) is 7.33. The normalized spacial score (nSPS) is 17.2. The lowest BCUT2D eigenvalue weighted by atomic mass is 9.81. The number of nitrogens with one attached hydrogen (secondary N) is 2. The van der Waals surface area contributed by atoms with E-state index < -0.39 is 0 Å². The largest absolute Gasteiger partial charge is 0.396 e. The van der Waals surface area contributed by atoms with Crippen LogP contribution in [0.15, 0.2) is 47.7 Å². The summed E-state index contributed by atoms with van der Waals surface area (Å²) in [4.78, 5) is 24.1. The van der Waals surface area contributed by atoms with Crippen LogP contribution in [0.2, 0.25) is 0 Å². The number of allylic oxidation sites excluding steroid dienone is 2. The molecule has 1 aromatic rings. The molecule has 0 bridgehead atoms. The predicted molar refractivity (Wildman–Crippen MR) is 93.5 cm³/mol. The Bertz CT molecular complexity index is 660. The highest BCUT2D eigenvalue weighted by Crippen LogP contribution is 2.29. The second kappa shape index (κ2) is 7.93. The number of amides is 1. The second-order valence-electron chi connectivity index (χ2n) is 6.68. The molecule has 1 amide bonds. The fraction of sp³-hybridized carbons (Fsp3) is 0.368. The van der Waals surface area contributed by atoms with Crippen LogP contribution in [-0.2, 0) is 9.59 Å². The highest BCUT2D eigenvalue weighted by Gasteiger charge is 2.26. The average molecular weight is 328 g/mol. The van der Waals surface area contributed by atoms with Crippen molar-refractivity contribution in [2.75, 3.05) is 6.61 Å². The number of aliphatic hydroxyl groups excluding tert-OH is 1. The van der Waals surface area contributed by atoms with Crippen molar-refractivity contribution >= 4 is 17.8 Å². The first kappa shape index (κ1) is 17.9. The Labute approximate surface area is 142 Å². The van der Waals surface area contributed by atoms with Gasteiger partial charge in [-0.2, -0.15) is 0 Å². The number of hydrazine groups is 1. The first-order valence-electron chi connectivity index (χ1n) is 8.06. The van der Waals surface area contributed by atoms with E-state index in [1.807, 2.05) is 50.3 Å². The minimum atomic E-state index is -0.315. The molecule has 0 saturated carbocycles. The lowest BCUT2D eigenvalue weighted by Crippen LogP contribution is -2.40. The van der Waals surface area contributed by atoms with Crippen LogP contribution in [0.5, 0.6) is 0 Å². The van der Waals surface area contributed by atoms with Crippen molar-refractivity contribution in [2.24, 2.45) is 5.41 Å². The molecule has 0 saturated heterocycles. The third-order valence-corrected chi connectivity index (χ3v) is 3.76. The number of carbonyl (C=O) groups is 2. The molecule has 0 atom stereocenters. The molecular weight excluding hydrogens is 304 g/mol. The SMILES string of the molecule is CC1(C)C=C(NNC(=O)/C(=C/c2ccccc2)CCO)CC(=O)C1. The summed E-state index contributed by atoms with van der Waals surface area (Å²) < 4.78 is 0. The summed E-state index contributed by atoms with van der Waals surface area (Å²) in [6.45, 7) is 3.86. The van der Waals surface area contributed by atoms with Gasteiger partial charge in [-0.25, -0.2) is 0 Å². The van der Waals surface area contributed by atoms with Crippen LogP contribution in [0, 0.1) is 5.41 Å². The van der Waals surface area contributed by atoms with E-state index in [0.717, 1.165) is 5.56 Å². The number of ketones is 1. The van der Waals surface area contributed by atoms with Gasteiger partial charge in [0.2, 0.25) is 0 Å². The van der Waals surface area contributed by atoms with E-state index in [2.05, 4.69) is 10.9 Å². The van der Waals surface area contributed by atoms with E-state index in [1.165, 1.54) is 0 Å². The monoisotopic (exact) mass is 328 g/mol. The maximum atomic E-state index is 12.4. The van der Waals surface area contributed by atoms with Gasteiger partial charge in [0.15, 0.2) is 0 Å². The third-order valence-electron chi connectivity index (χ3n) is 3.76. The number of hydrogen-bond acceptors (Lipinski definition) is 4. The Balaban J connectivity index is 2.05. The molecule has 1 aliphatic carbocycles. The molecule has 128 valence electrons. The summed E-state index contributed by atoms with van der Waals surface area (Å²) in [6, 6.07) is 9.46. The number of aliphatic hydroxyl groups is 1. The fourth-order valence-corrected chi connectivity index (χ4v) is 2.78. The molecule has 0 aromatic heterocycles. The van der Waals surface area contributed by atoms with Gasteiger partial charge in [0.05, 0.1) is 0 Å². The lowest BCUT2D eigenvalue weighted by Gasteiger charge is -2.27. The van der Waals surface area contributed by atoms with Crippen LogP contribution in [-0.4, -0.2) is 23.4 Å². The third kappa shape index (κ3) is 5.35. The van der Waals surface area contributed by atoms with Crippen molar-refractivity contribution in [3.63, 3.8) is 0 Å². The molecule has 0 heterocycles. The van der Waals surface area contributed by atoms with Gasteiger partial charge in [0.1, 0.15) is 5.78 Å². The first-order valence-corrected chi connectivity index (χ1v) is 8.06. The second-order valence-corrected chi connectivity index (χ2v) is 6.68. The summed E-state index contributed by atoms with van der Waals surface area (Å²) in [5, 5.41) is 9.19. The van der Waals surface area contributed by atoms with Gasteiger partial charge < -0.3 is 10.5 Å². The minimum absolute atomic E-state index is 0.111. The summed E-state index contributed by atoms with van der Waals surface area (Å²) in [5.74, 6) is -0.167. The molecule has 5 heteroatoms. The van der Waals surface area contributed by atoms with Gasteiger partial charge >= 0.3 is 0 Å². The smallest absolute Gasteiger partial charge is 0.265 e. The number of Topliss-reactive ketones (excluding diaryl/α,β-unsaturated/α-hetero) is 1. The average Bonchev–Trinajstić information content (AvgIpc) is 2.51. The standard InChI is InChI=1S/C19H24N2O3/c1-19(2)12-16(11-17(23)13-19)20-21-18(24)15(8-9-22)10-14-6-4-3-5-7-14/h3-7,10,12,20,22H,8-9,11,13H2,1-2H3,(H,21,24)/b15-10+. The Morgan fingerprint density at radius 3 is 2.62 bits per heavy atom. The number of hydrogen-bond donors (Lipinski definition) is 3. The Morgan fingerprint density at radius 2 is 2.00 bits per heavy atom. The lowest BCUT2D eigenvalue weighted by molar-refractivity contribution is -0.121. The predicted octanol–water partition coefficient (Wildman–Crippen LogP) is 2.35. The number of carbonyl (C=O) groups excluding carboxylic acids is 2. The van der Waals surface area contributed by atoms with Crippen LogP contribution in [0.3, 0.4) is 0 Å². The van der Waals surface area contributed by atoms with Crippen molar-refractivity contribution in [3.05, 3.63) is 53.2 Å². The number of rotatable bonds is 6. The van der Waals surface area contributed by atoms with Gasteiger partial charge in [0.25, 0.3) is 5.91 Å². The summed E-state index contributed by atoms with van der Waals surface area (Å²) in [7, 11) is 0. The van der Waals surface area contributed by atoms with E-state index in [9.17, 15) is 14.7 Å². The van der Waals surface area contributed by atoms with Crippen LogP contribution in [0.1, 0.15) is 38.7 Å². The Kier molecular flexibility index (Phi) is 5.93. The highest BCUT2D eigenvalue weighted by atomic mass is 16.3. The maximum Gasteiger partial charge on any atom is 0.265 e. The van der Waals surface area contributed by atoms with Gasteiger partial charge in [-0.3, -0.25) is 15.0 Å². The molecule has 0 spiro atoms. The van der Waals surface area contributed by atoms with E-state index >= 15 is 0 Å². The minimum Gasteiger partial charge on any atom is -0.396 e. The van der Waals surface area contributed by atoms with E-state index in [0.29, 0.717) is 24.1 Å². The topological polar surface area (TPSA) is 78.4 Å². The quantitative estimate of drug-likeness (QED) is 0.553. The first-order chi connectivity index (χ1) is 11.4. The van der Waals surface area contributed by atoms with E-state index in [4.69, 9.17) is 0 Å². The molecule has 1 aromatic carbocycles. The molecule has 5 nitrogen and oxygen atoms in total. The molecule has 2 rings (SSSR count). The molecule has 0 fully saturated rings. The Morgan fingerprint density at radius 1 is 1.29 bits per heavy atom. The summed E-state index contributed by atoms with van der Waals surface area (Å²) in [6.07, 6.45) is 4.78. The van der Waals surface area contributed by atoms with E-state index in [-0.39, 0.29) is 30.1 Å². The fourth-order valence-electron chi connectivity index (χ4n) is 2.78. The van der Waals surface area contributed by atoms with Crippen molar-refractivity contribution in [1.29, 1.82) is 0 Å². The molecule has 0 unspecified atom stereocenters.